The maximum Gasteiger partial charge on any atom is 0.240 e. The van der Waals surface area contributed by atoms with E-state index in [2.05, 4.69) is 10.1 Å². The standard InChI is InChI=1S/C10H18N4O2/c1-4-9-12-10(16-13-9)6-14(7(2)3)5-8(11)15/h7H,4-6H2,1-3H3,(H2,11,15). The third-order valence-electron chi connectivity index (χ3n) is 2.25. The van der Waals surface area contributed by atoms with E-state index >= 15 is 0 Å². The molecule has 1 rings (SSSR count). The highest BCUT2D eigenvalue weighted by atomic mass is 16.5. The van der Waals surface area contributed by atoms with Crippen molar-refractivity contribution in [2.75, 3.05) is 6.54 Å². The van der Waals surface area contributed by atoms with Gasteiger partial charge in [-0.3, -0.25) is 9.69 Å². The molecule has 0 unspecified atom stereocenters. The summed E-state index contributed by atoms with van der Waals surface area (Å²) in [6.07, 6.45) is 0.737. The Balaban J connectivity index is 2.63. The van der Waals surface area contributed by atoms with Crippen molar-refractivity contribution in [2.45, 2.75) is 39.8 Å². The van der Waals surface area contributed by atoms with Crippen molar-refractivity contribution in [1.29, 1.82) is 0 Å². The molecule has 6 nitrogen and oxygen atoms in total. The first-order valence-electron chi connectivity index (χ1n) is 5.36. The monoisotopic (exact) mass is 226 g/mol. The summed E-state index contributed by atoms with van der Waals surface area (Å²) in [6, 6.07) is 0.199. The third kappa shape index (κ3) is 3.62. The van der Waals surface area contributed by atoms with Crippen LogP contribution in [0.5, 0.6) is 0 Å². The van der Waals surface area contributed by atoms with Crippen molar-refractivity contribution in [3.8, 4) is 0 Å². The van der Waals surface area contributed by atoms with Gasteiger partial charge >= 0.3 is 0 Å². The van der Waals surface area contributed by atoms with Gasteiger partial charge in [0.1, 0.15) is 0 Å². The average Bonchev–Trinajstić information content (AvgIpc) is 2.63. The minimum Gasteiger partial charge on any atom is -0.369 e. The number of primary amides is 1. The van der Waals surface area contributed by atoms with E-state index < -0.39 is 0 Å². The maximum absolute atomic E-state index is 10.9. The van der Waals surface area contributed by atoms with Crippen LogP contribution in [0.15, 0.2) is 4.52 Å². The van der Waals surface area contributed by atoms with Crippen molar-refractivity contribution in [1.82, 2.24) is 15.0 Å². The summed E-state index contributed by atoms with van der Waals surface area (Å²) in [7, 11) is 0. The van der Waals surface area contributed by atoms with Gasteiger partial charge in [-0.25, -0.2) is 0 Å². The highest BCUT2D eigenvalue weighted by Gasteiger charge is 2.16. The molecule has 0 saturated heterocycles. The molecule has 6 heteroatoms. The van der Waals surface area contributed by atoms with Gasteiger partial charge in [0.05, 0.1) is 13.1 Å². The summed E-state index contributed by atoms with van der Waals surface area (Å²) >= 11 is 0. The van der Waals surface area contributed by atoms with Gasteiger partial charge < -0.3 is 10.3 Å². The van der Waals surface area contributed by atoms with Crippen LogP contribution < -0.4 is 5.73 Å². The quantitative estimate of drug-likeness (QED) is 0.755. The highest BCUT2D eigenvalue weighted by Crippen LogP contribution is 2.06. The van der Waals surface area contributed by atoms with Crippen LogP contribution in [0.2, 0.25) is 0 Å². The fourth-order valence-electron chi connectivity index (χ4n) is 1.29. The van der Waals surface area contributed by atoms with Crippen molar-refractivity contribution in [3.05, 3.63) is 11.7 Å². The van der Waals surface area contributed by atoms with E-state index in [0.717, 1.165) is 6.42 Å². The van der Waals surface area contributed by atoms with Crippen LogP contribution in [0.4, 0.5) is 0 Å². The first-order chi connectivity index (χ1) is 7.52. The van der Waals surface area contributed by atoms with Crippen LogP contribution in [-0.4, -0.2) is 33.5 Å². The van der Waals surface area contributed by atoms with Gasteiger partial charge in [0, 0.05) is 12.5 Å². The lowest BCUT2D eigenvalue weighted by Crippen LogP contribution is -2.38. The molecule has 0 aliphatic rings. The Labute approximate surface area is 94.8 Å². The molecule has 16 heavy (non-hydrogen) atoms. The second kappa shape index (κ2) is 5.60. The van der Waals surface area contributed by atoms with Crippen LogP contribution in [0.3, 0.4) is 0 Å². The molecule has 90 valence electrons. The molecular weight excluding hydrogens is 208 g/mol. The molecule has 1 amide bonds. The van der Waals surface area contributed by atoms with Gasteiger partial charge in [0.25, 0.3) is 0 Å². The van der Waals surface area contributed by atoms with Gasteiger partial charge in [-0.1, -0.05) is 12.1 Å². The van der Waals surface area contributed by atoms with E-state index in [1.54, 1.807) is 0 Å². The first-order valence-corrected chi connectivity index (χ1v) is 5.36. The third-order valence-corrected chi connectivity index (χ3v) is 2.25. The van der Waals surface area contributed by atoms with Crippen molar-refractivity contribution < 1.29 is 9.32 Å². The van der Waals surface area contributed by atoms with E-state index in [0.29, 0.717) is 18.3 Å². The van der Waals surface area contributed by atoms with E-state index in [-0.39, 0.29) is 18.5 Å². The number of amides is 1. The Morgan fingerprint density at radius 2 is 2.25 bits per heavy atom. The lowest BCUT2D eigenvalue weighted by molar-refractivity contribution is -0.119. The van der Waals surface area contributed by atoms with Crippen molar-refractivity contribution in [3.63, 3.8) is 0 Å². The molecule has 0 radical (unpaired) electrons. The lowest BCUT2D eigenvalue weighted by Gasteiger charge is -2.22. The van der Waals surface area contributed by atoms with Gasteiger partial charge in [0.15, 0.2) is 5.82 Å². The number of rotatable bonds is 6. The first kappa shape index (κ1) is 12.6. The Kier molecular flexibility index (Phi) is 4.42. The molecule has 0 fully saturated rings. The van der Waals surface area contributed by atoms with Crippen LogP contribution in [-0.2, 0) is 17.8 Å². The normalized spacial score (nSPS) is 11.3. The topological polar surface area (TPSA) is 85.3 Å². The van der Waals surface area contributed by atoms with Crippen LogP contribution in [0.25, 0.3) is 0 Å². The Morgan fingerprint density at radius 3 is 2.69 bits per heavy atom. The fraction of sp³-hybridized carbons (Fsp3) is 0.700. The van der Waals surface area contributed by atoms with Crippen molar-refractivity contribution in [2.24, 2.45) is 5.73 Å². The molecule has 0 aliphatic carbocycles. The minimum atomic E-state index is -0.357. The zero-order valence-electron chi connectivity index (χ0n) is 9.93. The van der Waals surface area contributed by atoms with Crippen LogP contribution >= 0.6 is 0 Å². The summed E-state index contributed by atoms with van der Waals surface area (Å²) in [5, 5.41) is 3.80. The van der Waals surface area contributed by atoms with Crippen LogP contribution in [0, 0.1) is 0 Å². The Bertz CT molecular complexity index is 348. The van der Waals surface area contributed by atoms with E-state index in [9.17, 15) is 4.79 Å². The van der Waals surface area contributed by atoms with Crippen LogP contribution in [0.1, 0.15) is 32.5 Å². The molecule has 0 saturated carbocycles. The molecule has 0 atom stereocenters. The molecule has 0 aromatic carbocycles. The molecule has 1 aromatic rings. The second-order valence-electron chi connectivity index (χ2n) is 3.92. The zero-order valence-corrected chi connectivity index (χ0v) is 9.93. The SMILES string of the molecule is CCc1noc(CN(CC(N)=O)C(C)C)n1. The average molecular weight is 226 g/mol. The molecule has 0 bridgehead atoms. The van der Waals surface area contributed by atoms with Gasteiger partial charge in [-0.2, -0.15) is 4.98 Å². The van der Waals surface area contributed by atoms with E-state index in [4.69, 9.17) is 10.3 Å². The molecule has 2 N–H and O–H groups in total. The molecule has 0 spiro atoms. The number of hydrogen-bond donors (Lipinski definition) is 1. The fourth-order valence-corrected chi connectivity index (χ4v) is 1.29. The summed E-state index contributed by atoms with van der Waals surface area (Å²) < 4.78 is 5.06. The summed E-state index contributed by atoms with van der Waals surface area (Å²) in [6.45, 7) is 6.58. The smallest absolute Gasteiger partial charge is 0.240 e. The van der Waals surface area contributed by atoms with Gasteiger partial charge in [-0.05, 0) is 13.8 Å². The zero-order chi connectivity index (χ0) is 12.1. The number of nitrogens with zero attached hydrogens (tertiary/aromatic N) is 3. The number of hydrogen-bond acceptors (Lipinski definition) is 5. The van der Waals surface area contributed by atoms with Crippen molar-refractivity contribution >= 4 is 5.91 Å². The highest BCUT2D eigenvalue weighted by molar-refractivity contribution is 5.75. The predicted octanol–water partition coefficient (Wildman–Crippen LogP) is 0.328. The van der Waals surface area contributed by atoms with E-state index in [1.165, 1.54) is 0 Å². The number of aryl methyl sites for hydroxylation is 1. The molecule has 0 aliphatic heterocycles. The second-order valence-corrected chi connectivity index (χ2v) is 3.92. The molecule has 1 heterocycles. The summed E-state index contributed by atoms with van der Waals surface area (Å²) in [4.78, 5) is 17.0. The van der Waals surface area contributed by atoms with E-state index in [1.807, 2.05) is 25.7 Å². The number of carbonyl (C=O) groups is 1. The largest absolute Gasteiger partial charge is 0.369 e. The Hall–Kier alpha value is -1.43. The minimum absolute atomic E-state index is 0.196. The maximum atomic E-state index is 10.9. The summed E-state index contributed by atoms with van der Waals surface area (Å²) in [5.41, 5.74) is 5.17. The lowest BCUT2D eigenvalue weighted by atomic mass is 10.3. The summed E-state index contributed by atoms with van der Waals surface area (Å²) in [5.74, 6) is 0.841. The van der Waals surface area contributed by atoms with Gasteiger partial charge in [-0.15, -0.1) is 0 Å². The van der Waals surface area contributed by atoms with Gasteiger partial charge in [0.2, 0.25) is 11.8 Å². The molecule has 1 aromatic heterocycles. The Morgan fingerprint density at radius 1 is 1.56 bits per heavy atom. The number of nitrogens with two attached hydrogens (primary N) is 1. The predicted molar refractivity (Wildman–Crippen MR) is 58.4 cm³/mol. The number of aromatic nitrogens is 2. The number of carbonyl (C=O) groups excluding carboxylic acids is 1. The molecular formula is C10H18N4O2.